The first-order valence-electron chi connectivity index (χ1n) is 14.0. The highest BCUT2D eigenvalue weighted by molar-refractivity contribution is 6.61. The first kappa shape index (κ1) is 36.6. The Morgan fingerprint density at radius 2 is 1.03 bits per heavy atom. The minimum atomic E-state index is -2.76. The molecule has 2 unspecified atom stereocenters. The summed E-state index contributed by atoms with van der Waals surface area (Å²) in [5.41, 5.74) is 0. The minimum Gasteiger partial charge on any atom is -0.481 e. The molecule has 0 fully saturated rings. The number of nitrogens with zero attached hydrogens (tertiary/aromatic N) is 2. The van der Waals surface area contributed by atoms with Crippen LogP contribution in [0.2, 0.25) is 12.1 Å². The van der Waals surface area contributed by atoms with Gasteiger partial charge in [0.2, 0.25) is 0 Å². The number of hydrogen-bond acceptors (Lipinski definition) is 9. The SMILES string of the molecule is CCO[Si](CCCN(CCC[Si](OCC)(OCC)OCC)CC(C(=O)O)C(C)N(C)C)(OCC)OCC. The molecule has 0 aliphatic rings. The van der Waals surface area contributed by atoms with Gasteiger partial charge in [-0.25, -0.2) is 0 Å². The molecule has 222 valence electrons. The van der Waals surface area contributed by atoms with Gasteiger partial charge in [0.1, 0.15) is 0 Å². The lowest BCUT2D eigenvalue weighted by Crippen LogP contribution is -2.48. The van der Waals surface area contributed by atoms with Crippen LogP contribution in [-0.4, -0.2) is 118 Å². The summed E-state index contributed by atoms with van der Waals surface area (Å²) < 4.78 is 36.1. The van der Waals surface area contributed by atoms with Gasteiger partial charge in [0, 0.05) is 64.3 Å². The number of hydrogen-bond donors (Lipinski definition) is 1. The molecule has 37 heavy (non-hydrogen) atoms. The van der Waals surface area contributed by atoms with Crippen LogP contribution in [0, 0.1) is 5.92 Å². The molecule has 0 aliphatic heterocycles. The van der Waals surface area contributed by atoms with Crippen LogP contribution < -0.4 is 0 Å². The van der Waals surface area contributed by atoms with Crippen LogP contribution in [0.15, 0.2) is 0 Å². The Morgan fingerprint density at radius 1 is 0.703 bits per heavy atom. The van der Waals surface area contributed by atoms with Gasteiger partial charge in [0.25, 0.3) is 0 Å². The molecular formula is C25H56N2O8Si2. The van der Waals surface area contributed by atoms with E-state index in [1.165, 1.54) is 0 Å². The summed E-state index contributed by atoms with van der Waals surface area (Å²) in [5, 5.41) is 10.0. The van der Waals surface area contributed by atoms with Gasteiger partial charge in [0.15, 0.2) is 0 Å². The predicted molar refractivity (Wildman–Crippen MR) is 151 cm³/mol. The van der Waals surface area contributed by atoms with E-state index in [4.69, 9.17) is 26.6 Å². The number of carbonyl (C=O) groups is 1. The lowest BCUT2D eigenvalue weighted by Gasteiger charge is -2.33. The number of carboxylic acid groups (broad SMARTS) is 1. The maximum atomic E-state index is 12.2. The zero-order valence-corrected chi connectivity index (χ0v) is 27.0. The van der Waals surface area contributed by atoms with Gasteiger partial charge in [-0.3, -0.25) is 4.79 Å². The molecule has 0 radical (unpaired) electrons. The van der Waals surface area contributed by atoms with Crippen LogP contribution >= 0.6 is 0 Å². The lowest BCUT2D eigenvalue weighted by atomic mass is 9.99. The summed E-state index contributed by atoms with van der Waals surface area (Å²) in [6, 6.07) is 1.28. The van der Waals surface area contributed by atoms with Crippen LogP contribution in [0.1, 0.15) is 61.3 Å². The second kappa shape index (κ2) is 20.5. The number of rotatable bonds is 25. The van der Waals surface area contributed by atoms with Gasteiger partial charge in [0.05, 0.1) is 5.92 Å². The first-order valence-corrected chi connectivity index (χ1v) is 17.9. The van der Waals surface area contributed by atoms with Crippen molar-refractivity contribution < 1.29 is 36.5 Å². The van der Waals surface area contributed by atoms with E-state index in [-0.39, 0.29) is 6.04 Å². The zero-order chi connectivity index (χ0) is 28.3. The third kappa shape index (κ3) is 14.0. The van der Waals surface area contributed by atoms with Crippen molar-refractivity contribution in [2.45, 2.75) is 79.4 Å². The summed E-state index contributed by atoms with van der Waals surface area (Å²) >= 11 is 0. The fraction of sp³-hybridized carbons (Fsp3) is 0.960. The summed E-state index contributed by atoms with van der Waals surface area (Å²) in [4.78, 5) is 16.4. The molecule has 12 heteroatoms. The van der Waals surface area contributed by atoms with E-state index in [2.05, 4.69) is 4.90 Å². The Kier molecular flexibility index (Phi) is 20.3. The maximum absolute atomic E-state index is 12.2. The fourth-order valence-electron chi connectivity index (χ4n) is 4.41. The Labute approximate surface area is 228 Å². The van der Waals surface area contributed by atoms with Crippen molar-refractivity contribution in [1.82, 2.24) is 9.80 Å². The first-order chi connectivity index (χ1) is 17.6. The van der Waals surface area contributed by atoms with Crippen molar-refractivity contribution in [2.24, 2.45) is 5.92 Å². The van der Waals surface area contributed by atoms with Crippen molar-refractivity contribution in [3.8, 4) is 0 Å². The van der Waals surface area contributed by atoms with Crippen molar-refractivity contribution in [3.63, 3.8) is 0 Å². The standard InChI is InChI=1S/C25H56N2O8Si2/c1-10-30-36(31-11-2,32-12-3)20-16-18-27(22-24(25(28)29)23(7)26(8)9)19-17-21-37(33-13-4,34-14-5)35-15-6/h23-24H,10-22H2,1-9H3,(H,28,29). The van der Waals surface area contributed by atoms with E-state index in [1.54, 1.807) is 0 Å². The Bertz CT molecular complexity index is 523. The number of aliphatic carboxylic acids is 1. The highest BCUT2D eigenvalue weighted by Gasteiger charge is 2.41. The van der Waals surface area contributed by atoms with Crippen LogP contribution in [0.4, 0.5) is 0 Å². The lowest BCUT2D eigenvalue weighted by molar-refractivity contribution is -0.144. The Balaban J connectivity index is 5.60. The summed E-state index contributed by atoms with van der Waals surface area (Å²) in [5.74, 6) is -1.30. The molecule has 0 aromatic heterocycles. The smallest absolute Gasteiger partial charge is 0.481 e. The molecule has 0 bridgehead atoms. The summed E-state index contributed by atoms with van der Waals surface area (Å²) in [6.45, 7) is 18.8. The van der Waals surface area contributed by atoms with Gasteiger partial charge in [-0.2, -0.15) is 0 Å². The monoisotopic (exact) mass is 568 g/mol. The quantitative estimate of drug-likeness (QED) is 0.164. The van der Waals surface area contributed by atoms with Crippen molar-refractivity contribution in [3.05, 3.63) is 0 Å². The Morgan fingerprint density at radius 3 is 1.27 bits per heavy atom. The predicted octanol–water partition coefficient (Wildman–Crippen LogP) is 3.82. The van der Waals surface area contributed by atoms with Gasteiger partial charge >= 0.3 is 23.6 Å². The van der Waals surface area contributed by atoms with E-state index in [9.17, 15) is 9.90 Å². The van der Waals surface area contributed by atoms with Crippen molar-refractivity contribution in [1.29, 1.82) is 0 Å². The highest BCUT2D eigenvalue weighted by Crippen LogP contribution is 2.22. The average molecular weight is 569 g/mol. The van der Waals surface area contributed by atoms with Crippen molar-refractivity contribution >= 4 is 23.6 Å². The topological polar surface area (TPSA) is 99.2 Å². The molecule has 0 spiro atoms. The molecule has 1 N–H and O–H groups in total. The largest absolute Gasteiger partial charge is 0.500 e. The van der Waals surface area contributed by atoms with Crippen LogP contribution in [0.25, 0.3) is 0 Å². The third-order valence-electron chi connectivity index (χ3n) is 6.27. The normalized spacial score (nSPS) is 14.5. The molecule has 10 nitrogen and oxygen atoms in total. The van der Waals surface area contributed by atoms with E-state index < -0.39 is 29.5 Å². The van der Waals surface area contributed by atoms with E-state index in [0.29, 0.717) is 58.3 Å². The highest BCUT2D eigenvalue weighted by atomic mass is 28.4. The van der Waals surface area contributed by atoms with Gasteiger partial charge in [-0.05, 0) is 88.5 Å². The van der Waals surface area contributed by atoms with Crippen LogP contribution in [-0.2, 0) is 31.4 Å². The second-order valence-electron chi connectivity index (χ2n) is 9.12. The molecule has 0 heterocycles. The molecule has 0 aliphatic carbocycles. The molecular weight excluding hydrogens is 512 g/mol. The number of carboxylic acids is 1. The van der Waals surface area contributed by atoms with Crippen LogP contribution in [0.5, 0.6) is 0 Å². The molecule has 0 rings (SSSR count). The minimum absolute atomic E-state index is 0.104. The van der Waals surface area contributed by atoms with Crippen LogP contribution in [0.3, 0.4) is 0 Å². The van der Waals surface area contributed by atoms with Gasteiger partial charge in [-0.15, -0.1) is 0 Å². The summed E-state index contributed by atoms with van der Waals surface area (Å²) in [7, 11) is -1.68. The molecule has 0 saturated carbocycles. The Hall–Kier alpha value is -0.416. The molecule has 0 aromatic rings. The molecule has 0 saturated heterocycles. The van der Waals surface area contributed by atoms with E-state index >= 15 is 0 Å². The fourth-order valence-corrected chi connectivity index (χ4v) is 9.60. The maximum Gasteiger partial charge on any atom is 0.500 e. The van der Waals surface area contributed by atoms with Gasteiger partial charge in [-0.1, -0.05) is 0 Å². The van der Waals surface area contributed by atoms with Crippen molar-refractivity contribution in [2.75, 3.05) is 73.4 Å². The molecule has 0 aromatic carbocycles. The average Bonchev–Trinajstić information content (AvgIpc) is 2.82. The second-order valence-corrected chi connectivity index (χ2v) is 14.6. The van der Waals surface area contributed by atoms with E-state index in [1.807, 2.05) is 67.5 Å². The molecule has 2 atom stereocenters. The van der Waals surface area contributed by atoms with Gasteiger partial charge < -0.3 is 41.5 Å². The third-order valence-corrected chi connectivity index (χ3v) is 12.6. The zero-order valence-electron chi connectivity index (χ0n) is 25.0. The molecule has 0 amide bonds. The summed E-state index contributed by atoms with van der Waals surface area (Å²) in [6.07, 6.45) is 1.58. The van der Waals surface area contributed by atoms with E-state index in [0.717, 1.165) is 25.9 Å².